The van der Waals surface area contributed by atoms with E-state index in [1.165, 1.54) is 44.9 Å². The van der Waals surface area contributed by atoms with Crippen molar-refractivity contribution in [3.8, 4) is 0 Å². The van der Waals surface area contributed by atoms with Crippen LogP contribution in [0, 0.1) is 0 Å². The van der Waals surface area contributed by atoms with Gasteiger partial charge in [-0.05, 0) is 38.8 Å². The molecule has 0 aromatic carbocycles. The highest BCUT2D eigenvalue weighted by atomic mass is 16.3. The van der Waals surface area contributed by atoms with Gasteiger partial charge in [-0.15, -0.1) is 0 Å². The molecule has 0 saturated carbocycles. The molecule has 1 heterocycles. The smallest absolute Gasteiger partial charge is 0.0660 e. The van der Waals surface area contributed by atoms with Crippen molar-refractivity contribution >= 4 is 0 Å². The third kappa shape index (κ3) is 7.05. The zero-order valence-electron chi connectivity index (χ0n) is 11.6. The summed E-state index contributed by atoms with van der Waals surface area (Å²) < 4.78 is 0. The highest BCUT2D eigenvalue weighted by Gasteiger charge is 2.26. The van der Waals surface area contributed by atoms with Crippen molar-refractivity contribution < 1.29 is 5.11 Å². The van der Waals surface area contributed by atoms with E-state index in [0.717, 1.165) is 38.8 Å². The summed E-state index contributed by atoms with van der Waals surface area (Å²) in [7, 11) is 0. The van der Waals surface area contributed by atoms with Crippen LogP contribution in [0.15, 0.2) is 0 Å². The Hall–Kier alpha value is -0.0800. The molecule has 0 amide bonds. The Kier molecular flexibility index (Phi) is 7.87. The van der Waals surface area contributed by atoms with Gasteiger partial charge >= 0.3 is 0 Å². The summed E-state index contributed by atoms with van der Waals surface area (Å²) in [4.78, 5) is 0. The van der Waals surface area contributed by atoms with Crippen LogP contribution in [0.1, 0.15) is 77.6 Å². The first-order valence-corrected chi connectivity index (χ1v) is 7.70. The van der Waals surface area contributed by atoms with Crippen molar-refractivity contribution in [3.63, 3.8) is 0 Å². The van der Waals surface area contributed by atoms with Gasteiger partial charge < -0.3 is 10.4 Å². The van der Waals surface area contributed by atoms with E-state index >= 15 is 0 Å². The van der Waals surface area contributed by atoms with Crippen LogP contribution in [-0.2, 0) is 0 Å². The zero-order chi connectivity index (χ0) is 12.4. The second-order valence-corrected chi connectivity index (χ2v) is 5.70. The molecule has 102 valence electrons. The minimum atomic E-state index is -0.354. The van der Waals surface area contributed by atoms with Gasteiger partial charge in [0.25, 0.3) is 0 Å². The summed E-state index contributed by atoms with van der Waals surface area (Å²) in [5, 5.41) is 13.8. The monoisotopic (exact) mass is 241 g/mol. The lowest BCUT2D eigenvalue weighted by Gasteiger charge is -2.26. The highest BCUT2D eigenvalue weighted by Crippen LogP contribution is 2.26. The van der Waals surface area contributed by atoms with E-state index in [2.05, 4.69) is 12.2 Å². The maximum atomic E-state index is 10.5. The van der Waals surface area contributed by atoms with E-state index in [4.69, 9.17) is 0 Å². The van der Waals surface area contributed by atoms with E-state index in [1.807, 2.05) is 0 Å². The summed E-state index contributed by atoms with van der Waals surface area (Å²) in [6, 6.07) is 0. The molecule has 0 radical (unpaired) electrons. The molecular formula is C15H31NO. The lowest BCUT2D eigenvalue weighted by molar-refractivity contribution is 0.0171. The molecule has 2 heteroatoms. The Labute approximate surface area is 107 Å². The van der Waals surface area contributed by atoms with E-state index in [0.29, 0.717) is 0 Å². The van der Waals surface area contributed by atoms with Gasteiger partial charge in [0.15, 0.2) is 0 Å². The predicted molar refractivity (Wildman–Crippen MR) is 74.3 cm³/mol. The molecule has 1 aliphatic heterocycles. The molecule has 2 N–H and O–H groups in total. The van der Waals surface area contributed by atoms with Crippen LogP contribution in [0.5, 0.6) is 0 Å². The van der Waals surface area contributed by atoms with Crippen molar-refractivity contribution in [2.45, 2.75) is 83.2 Å². The standard InChI is InChI=1S/C15H31NO/c1-2-3-4-5-6-7-8-10-15(17)11-9-13-16-14-12-15/h16-17H,2-14H2,1H3. The fraction of sp³-hybridized carbons (Fsp3) is 1.00. The van der Waals surface area contributed by atoms with Crippen molar-refractivity contribution in [2.24, 2.45) is 0 Å². The second-order valence-electron chi connectivity index (χ2n) is 5.70. The molecule has 0 aliphatic carbocycles. The van der Waals surface area contributed by atoms with Gasteiger partial charge in [0.1, 0.15) is 0 Å². The Bertz CT molecular complexity index is 174. The number of aliphatic hydroxyl groups is 1. The fourth-order valence-corrected chi connectivity index (χ4v) is 2.77. The minimum Gasteiger partial charge on any atom is -0.390 e. The van der Waals surface area contributed by atoms with Gasteiger partial charge in [-0.1, -0.05) is 51.9 Å². The molecule has 1 unspecified atom stereocenters. The number of hydrogen-bond acceptors (Lipinski definition) is 2. The third-order valence-corrected chi connectivity index (χ3v) is 4.01. The van der Waals surface area contributed by atoms with Crippen LogP contribution >= 0.6 is 0 Å². The maximum absolute atomic E-state index is 10.5. The summed E-state index contributed by atoms with van der Waals surface area (Å²) in [5.74, 6) is 0. The van der Waals surface area contributed by atoms with E-state index < -0.39 is 0 Å². The summed E-state index contributed by atoms with van der Waals surface area (Å²) in [5.41, 5.74) is -0.354. The molecule has 0 spiro atoms. The normalized spacial score (nSPS) is 25.8. The van der Waals surface area contributed by atoms with Crippen LogP contribution in [0.2, 0.25) is 0 Å². The van der Waals surface area contributed by atoms with Gasteiger partial charge in [0.2, 0.25) is 0 Å². The van der Waals surface area contributed by atoms with Crippen molar-refractivity contribution in [1.82, 2.24) is 5.32 Å². The summed E-state index contributed by atoms with van der Waals surface area (Å²) in [6.45, 7) is 4.34. The van der Waals surface area contributed by atoms with Gasteiger partial charge in [0, 0.05) is 0 Å². The molecule has 2 nitrogen and oxygen atoms in total. The molecular weight excluding hydrogens is 210 g/mol. The summed E-state index contributed by atoms with van der Waals surface area (Å²) in [6.07, 6.45) is 13.4. The Morgan fingerprint density at radius 2 is 1.65 bits per heavy atom. The fourth-order valence-electron chi connectivity index (χ4n) is 2.77. The van der Waals surface area contributed by atoms with Crippen molar-refractivity contribution in [3.05, 3.63) is 0 Å². The van der Waals surface area contributed by atoms with Gasteiger partial charge in [0.05, 0.1) is 5.60 Å². The quantitative estimate of drug-likeness (QED) is 0.636. The first-order chi connectivity index (χ1) is 8.27. The maximum Gasteiger partial charge on any atom is 0.0660 e. The molecule has 1 aliphatic rings. The predicted octanol–water partition coefficient (Wildman–Crippen LogP) is 3.63. The average molecular weight is 241 g/mol. The third-order valence-electron chi connectivity index (χ3n) is 4.01. The molecule has 17 heavy (non-hydrogen) atoms. The van der Waals surface area contributed by atoms with Gasteiger partial charge in [-0.3, -0.25) is 0 Å². The van der Waals surface area contributed by atoms with E-state index in [1.54, 1.807) is 0 Å². The molecule has 1 fully saturated rings. The van der Waals surface area contributed by atoms with Gasteiger partial charge in [-0.25, -0.2) is 0 Å². The average Bonchev–Trinajstić information content (AvgIpc) is 2.53. The van der Waals surface area contributed by atoms with Crippen LogP contribution in [-0.4, -0.2) is 23.8 Å². The Morgan fingerprint density at radius 3 is 2.41 bits per heavy atom. The minimum absolute atomic E-state index is 0.354. The number of rotatable bonds is 8. The number of unbranched alkanes of at least 4 members (excludes halogenated alkanes) is 6. The van der Waals surface area contributed by atoms with Crippen LogP contribution in [0.3, 0.4) is 0 Å². The van der Waals surface area contributed by atoms with Crippen molar-refractivity contribution in [1.29, 1.82) is 0 Å². The zero-order valence-corrected chi connectivity index (χ0v) is 11.6. The molecule has 0 aromatic rings. The first kappa shape index (κ1) is 15.0. The number of hydrogen-bond donors (Lipinski definition) is 2. The lowest BCUT2D eigenvalue weighted by atomic mass is 9.88. The SMILES string of the molecule is CCCCCCCCCC1(O)CCCNCC1. The highest BCUT2D eigenvalue weighted by molar-refractivity contribution is 4.82. The summed E-state index contributed by atoms with van der Waals surface area (Å²) >= 11 is 0. The molecule has 1 saturated heterocycles. The lowest BCUT2D eigenvalue weighted by Crippen LogP contribution is -2.29. The Morgan fingerprint density at radius 1 is 0.941 bits per heavy atom. The largest absolute Gasteiger partial charge is 0.390 e. The molecule has 0 bridgehead atoms. The molecule has 0 aromatic heterocycles. The van der Waals surface area contributed by atoms with E-state index in [9.17, 15) is 5.11 Å². The van der Waals surface area contributed by atoms with Crippen LogP contribution in [0.4, 0.5) is 0 Å². The number of nitrogens with one attached hydrogen (secondary N) is 1. The topological polar surface area (TPSA) is 32.3 Å². The van der Waals surface area contributed by atoms with E-state index in [-0.39, 0.29) is 5.60 Å². The first-order valence-electron chi connectivity index (χ1n) is 7.70. The molecule has 1 atom stereocenters. The second kappa shape index (κ2) is 8.93. The Balaban J connectivity index is 2.00. The van der Waals surface area contributed by atoms with Crippen molar-refractivity contribution in [2.75, 3.05) is 13.1 Å². The van der Waals surface area contributed by atoms with Crippen LogP contribution < -0.4 is 5.32 Å². The van der Waals surface area contributed by atoms with Gasteiger partial charge in [-0.2, -0.15) is 0 Å². The molecule has 1 rings (SSSR count). The van der Waals surface area contributed by atoms with Crippen LogP contribution in [0.25, 0.3) is 0 Å².